The number of ether oxygens (including phenoxy) is 1. The summed E-state index contributed by atoms with van der Waals surface area (Å²) >= 11 is 12.3. The van der Waals surface area contributed by atoms with Crippen LogP contribution in [0.1, 0.15) is 30.4 Å². The highest BCUT2D eigenvalue weighted by atomic mass is 35.5. The van der Waals surface area contributed by atoms with Crippen LogP contribution in [-0.2, 0) is 10.4 Å². The molecule has 6 heteroatoms. The SMILES string of the molecule is CNCCCCON=C1c2ccc(Cl)cc2OC2(c3ccc(Cl)cc3)CC12. The van der Waals surface area contributed by atoms with E-state index in [1.54, 1.807) is 0 Å². The average molecular weight is 405 g/mol. The molecule has 0 saturated heterocycles. The van der Waals surface area contributed by atoms with Crippen molar-refractivity contribution in [3.05, 3.63) is 63.6 Å². The topological polar surface area (TPSA) is 42.8 Å². The van der Waals surface area contributed by atoms with Crippen molar-refractivity contribution in [1.82, 2.24) is 5.32 Å². The van der Waals surface area contributed by atoms with E-state index in [1.165, 1.54) is 0 Å². The molecule has 1 N–H and O–H groups in total. The molecule has 2 atom stereocenters. The van der Waals surface area contributed by atoms with E-state index in [0.717, 1.165) is 48.4 Å². The second kappa shape index (κ2) is 7.70. The van der Waals surface area contributed by atoms with Crippen molar-refractivity contribution in [1.29, 1.82) is 0 Å². The van der Waals surface area contributed by atoms with Crippen LogP contribution in [-0.4, -0.2) is 25.9 Å². The van der Waals surface area contributed by atoms with Gasteiger partial charge in [0.25, 0.3) is 0 Å². The lowest BCUT2D eigenvalue weighted by Crippen LogP contribution is -2.28. The molecule has 1 fully saturated rings. The molecular weight excluding hydrogens is 383 g/mol. The molecule has 142 valence electrons. The van der Waals surface area contributed by atoms with Crippen LogP contribution >= 0.6 is 23.2 Å². The van der Waals surface area contributed by atoms with Crippen LogP contribution in [0.25, 0.3) is 0 Å². The lowest BCUT2D eigenvalue weighted by Gasteiger charge is -2.27. The van der Waals surface area contributed by atoms with E-state index >= 15 is 0 Å². The zero-order valence-electron chi connectivity index (χ0n) is 15.2. The Morgan fingerprint density at radius 1 is 1.15 bits per heavy atom. The summed E-state index contributed by atoms with van der Waals surface area (Å²) in [6, 6.07) is 13.5. The van der Waals surface area contributed by atoms with Crippen LogP contribution < -0.4 is 10.1 Å². The van der Waals surface area contributed by atoms with E-state index in [-0.39, 0.29) is 5.92 Å². The van der Waals surface area contributed by atoms with Gasteiger partial charge < -0.3 is 14.9 Å². The summed E-state index contributed by atoms with van der Waals surface area (Å²) in [7, 11) is 1.95. The Bertz CT molecular complexity index is 854. The van der Waals surface area contributed by atoms with Crippen molar-refractivity contribution < 1.29 is 9.57 Å². The van der Waals surface area contributed by atoms with Crippen LogP contribution in [0.4, 0.5) is 0 Å². The van der Waals surface area contributed by atoms with Gasteiger partial charge in [-0.05, 0) is 62.3 Å². The zero-order valence-corrected chi connectivity index (χ0v) is 16.7. The molecule has 2 aromatic carbocycles. The lowest BCUT2D eigenvalue weighted by molar-refractivity contribution is 0.133. The highest BCUT2D eigenvalue weighted by Crippen LogP contribution is 2.60. The van der Waals surface area contributed by atoms with Crippen molar-refractivity contribution in [2.24, 2.45) is 11.1 Å². The van der Waals surface area contributed by atoms with Gasteiger partial charge in [0.05, 0.1) is 11.6 Å². The second-order valence-electron chi connectivity index (χ2n) is 7.02. The minimum atomic E-state index is -0.406. The predicted molar refractivity (Wildman–Crippen MR) is 109 cm³/mol. The minimum Gasteiger partial charge on any atom is -0.481 e. The summed E-state index contributed by atoms with van der Waals surface area (Å²) in [4.78, 5) is 5.65. The molecule has 4 nitrogen and oxygen atoms in total. The predicted octanol–water partition coefficient (Wildman–Crippen LogP) is 5.02. The molecule has 2 aromatic rings. The Labute approximate surface area is 169 Å². The largest absolute Gasteiger partial charge is 0.481 e. The van der Waals surface area contributed by atoms with Gasteiger partial charge >= 0.3 is 0 Å². The third-order valence-corrected chi connectivity index (χ3v) is 5.65. The quantitative estimate of drug-likeness (QED) is 0.520. The van der Waals surface area contributed by atoms with Crippen molar-refractivity contribution in [2.75, 3.05) is 20.2 Å². The summed E-state index contributed by atoms with van der Waals surface area (Å²) in [5.74, 6) is 0.924. The standard InChI is InChI=1S/C21H22Cl2N2O2/c1-24-10-2-3-11-26-25-20-17-9-8-16(23)12-19(17)27-21(13-18(20)21)14-4-6-15(22)7-5-14/h4-9,12,18,24H,2-3,10-11,13H2,1H3. The van der Waals surface area contributed by atoms with E-state index in [1.807, 2.05) is 49.5 Å². The average Bonchev–Trinajstić information content (AvgIpc) is 3.39. The number of fused-ring (bicyclic) bond motifs is 2. The van der Waals surface area contributed by atoms with Gasteiger partial charge in [0, 0.05) is 22.0 Å². The maximum atomic E-state index is 6.42. The number of hydrogen-bond acceptors (Lipinski definition) is 4. The Kier molecular flexibility index (Phi) is 5.31. The summed E-state index contributed by atoms with van der Waals surface area (Å²) in [5, 5.41) is 9.01. The van der Waals surface area contributed by atoms with Crippen LogP contribution in [0.5, 0.6) is 5.75 Å². The smallest absolute Gasteiger partial charge is 0.143 e. The molecule has 0 aromatic heterocycles. The molecule has 2 unspecified atom stereocenters. The number of benzene rings is 2. The lowest BCUT2D eigenvalue weighted by atomic mass is 9.96. The molecule has 1 aliphatic heterocycles. The zero-order chi connectivity index (χ0) is 18.9. The highest BCUT2D eigenvalue weighted by Gasteiger charge is 2.64. The number of hydrogen-bond donors (Lipinski definition) is 1. The van der Waals surface area contributed by atoms with Crippen LogP contribution in [0.3, 0.4) is 0 Å². The maximum absolute atomic E-state index is 6.42. The first-order chi connectivity index (χ1) is 13.1. The van der Waals surface area contributed by atoms with E-state index in [4.69, 9.17) is 32.8 Å². The summed E-state index contributed by atoms with van der Waals surface area (Å²) < 4.78 is 6.42. The molecule has 0 radical (unpaired) electrons. The van der Waals surface area contributed by atoms with Crippen molar-refractivity contribution in [2.45, 2.75) is 24.9 Å². The molecule has 2 aliphatic rings. The second-order valence-corrected chi connectivity index (χ2v) is 7.89. The Morgan fingerprint density at radius 3 is 2.70 bits per heavy atom. The van der Waals surface area contributed by atoms with Gasteiger partial charge in [0.2, 0.25) is 0 Å². The first-order valence-electron chi connectivity index (χ1n) is 9.23. The minimum absolute atomic E-state index is 0.171. The molecule has 0 amide bonds. The highest BCUT2D eigenvalue weighted by molar-refractivity contribution is 6.31. The Morgan fingerprint density at radius 2 is 1.93 bits per heavy atom. The van der Waals surface area contributed by atoms with Crippen LogP contribution in [0, 0.1) is 5.92 Å². The first kappa shape index (κ1) is 18.6. The fourth-order valence-corrected chi connectivity index (χ4v) is 3.95. The van der Waals surface area contributed by atoms with Crippen molar-refractivity contribution in [3.63, 3.8) is 0 Å². The third kappa shape index (κ3) is 3.66. The van der Waals surface area contributed by atoms with E-state index in [9.17, 15) is 0 Å². The van der Waals surface area contributed by atoms with Crippen molar-refractivity contribution in [3.8, 4) is 5.75 Å². The fourth-order valence-electron chi connectivity index (χ4n) is 3.66. The Hall–Kier alpha value is -1.75. The number of nitrogens with one attached hydrogen (secondary N) is 1. The molecule has 1 aliphatic carbocycles. The van der Waals surface area contributed by atoms with E-state index in [2.05, 4.69) is 10.5 Å². The van der Waals surface area contributed by atoms with Crippen LogP contribution in [0.2, 0.25) is 10.0 Å². The van der Waals surface area contributed by atoms with Gasteiger partial charge in [0.1, 0.15) is 18.0 Å². The van der Waals surface area contributed by atoms with Gasteiger partial charge in [-0.15, -0.1) is 0 Å². The van der Waals surface area contributed by atoms with Gasteiger partial charge in [-0.25, -0.2) is 0 Å². The number of oxime groups is 1. The molecule has 0 spiro atoms. The Balaban J connectivity index is 1.60. The molecular formula is C21H22Cl2N2O2. The maximum Gasteiger partial charge on any atom is 0.143 e. The van der Waals surface area contributed by atoms with Gasteiger partial charge in [-0.3, -0.25) is 0 Å². The normalized spacial score (nSPS) is 24.1. The number of unbranched alkanes of at least 4 members (excludes halogenated alkanes) is 1. The number of halogens is 2. The molecule has 4 rings (SSSR count). The molecule has 1 saturated carbocycles. The number of nitrogens with zero attached hydrogens (tertiary/aromatic N) is 1. The molecule has 27 heavy (non-hydrogen) atoms. The summed E-state index contributed by atoms with van der Waals surface area (Å²) in [6.45, 7) is 1.59. The first-order valence-corrected chi connectivity index (χ1v) is 9.99. The van der Waals surface area contributed by atoms with Crippen LogP contribution in [0.15, 0.2) is 47.6 Å². The molecule has 1 heterocycles. The summed E-state index contributed by atoms with van der Waals surface area (Å²) in [5.41, 5.74) is 2.60. The van der Waals surface area contributed by atoms with Gasteiger partial charge in [-0.2, -0.15) is 0 Å². The number of rotatable bonds is 7. The monoisotopic (exact) mass is 404 g/mol. The summed E-state index contributed by atoms with van der Waals surface area (Å²) in [6.07, 6.45) is 2.90. The van der Waals surface area contributed by atoms with Gasteiger partial charge in [0.15, 0.2) is 0 Å². The van der Waals surface area contributed by atoms with Crippen molar-refractivity contribution >= 4 is 28.9 Å². The van der Waals surface area contributed by atoms with Gasteiger partial charge in [-0.1, -0.05) is 40.5 Å². The fraction of sp³-hybridized carbons (Fsp3) is 0.381. The van der Waals surface area contributed by atoms with E-state index in [0.29, 0.717) is 16.7 Å². The third-order valence-electron chi connectivity index (χ3n) is 5.16. The molecule has 0 bridgehead atoms. The van der Waals surface area contributed by atoms with E-state index < -0.39 is 5.60 Å².